The van der Waals surface area contributed by atoms with Crippen molar-refractivity contribution in [3.8, 4) is 0 Å². The van der Waals surface area contributed by atoms with Crippen molar-refractivity contribution in [3.63, 3.8) is 0 Å². The van der Waals surface area contributed by atoms with Gasteiger partial charge in [0, 0.05) is 0 Å². The summed E-state index contributed by atoms with van der Waals surface area (Å²) in [6.07, 6.45) is -0.494. The summed E-state index contributed by atoms with van der Waals surface area (Å²) in [5.74, 6) is 0. The van der Waals surface area contributed by atoms with Gasteiger partial charge in [-0.2, -0.15) is 13.2 Å². The standard InChI is InChI=1S/C15H27F3/c1-12(2,3)8-10-14(7,15(16,17)18)11-9-13(4,5)6/h8,10H,9,11H2,1-7H3/b10-8+/t14-/m0/s1. The topological polar surface area (TPSA) is 0 Å². The zero-order valence-corrected chi connectivity index (χ0v) is 12.7. The van der Waals surface area contributed by atoms with E-state index < -0.39 is 11.6 Å². The molecule has 0 spiro atoms. The lowest BCUT2D eigenvalue weighted by Crippen LogP contribution is -2.34. The smallest absolute Gasteiger partial charge is 0.170 e. The molecular formula is C15H27F3. The van der Waals surface area contributed by atoms with Crippen molar-refractivity contribution in [2.45, 2.75) is 67.5 Å². The highest BCUT2D eigenvalue weighted by Gasteiger charge is 2.49. The van der Waals surface area contributed by atoms with Gasteiger partial charge in [0.05, 0.1) is 5.41 Å². The fourth-order valence-corrected chi connectivity index (χ4v) is 1.39. The first-order chi connectivity index (χ1) is 7.66. The Labute approximate surface area is 110 Å². The molecule has 108 valence electrons. The molecule has 3 heteroatoms. The number of halogens is 3. The van der Waals surface area contributed by atoms with Crippen LogP contribution < -0.4 is 0 Å². The number of hydrogen-bond donors (Lipinski definition) is 0. The third-order valence-corrected chi connectivity index (χ3v) is 2.99. The SMILES string of the molecule is CC(C)(C)/C=C/[C@@](C)(CCC(C)(C)C)C(F)(F)F. The normalized spacial score (nSPS) is 18.1. The zero-order chi connectivity index (χ0) is 14.8. The van der Waals surface area contributed by atoms with Gasteiger partial charge in [0.2, 0.25) is 0 Å². The van der Waals surface area contributed by atoms with E-state index in [1.54, 1.807) is 6.08 Å². The molecule has 0 nitrogen and oxygen atoms in total. The molecule has 0 saturated carbocycles. The Morgan fingerprint density at radius 1 is 0.722 bits per heavy atom. The number of rotatable bonds is 3. The van der Waals surface area contributed by atoms with Crippen LogP contribution in [0.1, 0.15) is 61.3 Å². The second kappa shape index (κ2) is 5.26. The Balaban J connectivity index is 5.04. The summed E-state index contributed by atoms with van der Waals surface area (Å²) in [7, 11) is 0. The Kier molecular flexibility index (Phi) is 5.12. The summed E-state index contributed by atoms with van der Waals surface area (Å²) in [4.78, 5) is 0. The fraction of sp³-hybridized carbons (Fsp3) is 0.867. The first kappa shape index (κ1) is 17.5. The van der Waals surface area contributed by atoms with Crippen molar-refractivity contribution in [2.24, 2.45) is 16.2 Å². The van der Waals surface area contributed by atoms with E-state index in [9.17, 15) is 13.2 Å². The molecule has 18 heavy (non-hydrogen) atoms. The number of hydrogen-bond acceptors (Lipinski definition) is 0. The first-order valence-electron chi connectivity index (χ1n) is 6.43. The minimum absolute atomic E-state index is 0.0813. The predicted molar refractivity (Wildman–Crippen MR) is 71.4 cm³/mol. The van der Waals surface area contributed by atoms with Gasteiger partial charge in [0.25, 0.3) is 0 Å². The van der Waals surface area contributed by atoms with Crippen LogP contribution in [-0.4, -0.2) is 6.18 Å². The Morgan fingerprint density at radius 2 is 1.17 bits per heavy atom. The van der Waals surface area contributed by atoms with Crippen LogP contribution in [0.15, 0.2) is 12.2 Å². The molecule has 1 atom stereocenters. The van der Waals surface area contributed by atoms with Crippen LogP contribution in [0.4, 0.5) is 13.2 Å². The van der Waals surface area contributed by atoms with Crippen molar-refractivity contribution in [1.29, 1.82) is 0 Å². The van der Waals surface area contributed by atoms with E-state index in [2.05, 4.69) is 0 Å². The molecule has 0 fully saturated rings. The van der Waals surface area contributed by atoms with E-state index in [0.29, 0.717) is 6.42 Å². The summed E-state index contributed by atoms with van der Waals surface area (Å²) in [5, 5.41) is 0. The minimum Gasteiger partial charge on any atom is -0.170 e. The molecule has 0 aliphatic rings. The molecule has 0 amide bonds. The number of allylic oxidation sites excluding steroid dienone is 2. The molecule has 0 aromatic heterocycles. The monoisotopic (exact) mass is 264 g/mol. The van der Waals surface area contributed by atoms with Gasteiger partial charge in [-0.3, -0.25) is 0 Å². The molecule has 0 rings (SSSR count). The van der Waals surface area contributed by atoms with E-state index in [1.165, 1.54) is 13.0 Å². The summed E-state index contributed by atoms with van der Waals surface area (Å²) < 4.78 is 39.6. The van der Waals surface area contributed by atoms with Gasteiger partial charge < -0.3 is 0 Å². The van der Waals surface area contributed by atoms with Crippen LogP contribution in [0.5, 0.6) is 0 Å². The van der Waals surface area contributed by atoms with Crippen LogP contribution in [0.3, 0.4) is 0 Å². The highest BCUT2D eigenvalue weighted by molar-refractivity contribution is 5.05. The third kappa shape index (κ3) is 6.46. The van der Waals surface area contributed by atoms with E-state index in [1.807, 2.05) is 41.5 Å². The van der Waals surface area contributed by atoms with E-state index in [-0.39, 0.29) is 17.3 Å². The molecule has 0 unspecified atom stereocenters. The zero-order valence-electron chi connectivity index (χ0n) is 12.7. The molecule has 0 bridgehead atoms. The molecule has 0 aliphatic heterocycles. The van der Waals surface area contributed by atoms with E-state index in [0.717, 1.165) is 0 Å². The summed E-state index contributed by atoms with van der Waals surface area (Å²) in [6, 6.07) is 0. The van der Waals surface area contributed by atoms with Gasteiger partial charge in [0.15, 0.2) is 0 Å². The van der Waals surface area contributed by atoms with Gasteiger partial charge in [-0.25, -0.2) is 0 Å². The molecule has 0 aromatic rings. The van der Waals surface area contributed by atoms with Crippen molar-refractivity contribution >= 4 is 0 Å². The maximum Gasteiger partial charge on any atom is 0.397 e. The maximum atomic E-state index is 13.2. The van der Waals surface area contributed by atoms with Crippen LogP contribution in [0.2, 0.25) is 0 Å². The van der Waals surface area contributed by atoms with Crippen molar-refractivity contribution < 1.29 is 13.2 Å². The van der Waals surface area contributed by atoms with Crippen molar-refractivity contribution in [1.82, 2.24) is 0 Å². The Hall–Kier alpha value is -0.470. The van der Waals surface area contributed by atoms with Gasteiger partial charge in [-0.05, 0) is 30.6 Å². The minimum atomic E-state index is -4.19. The highest BCUT2D eigenvalue weighted by Crippen LogP contribution is 2.45. The molecular weight excluding hydrogens is 237 g/mol. The quantitative estimate of drug-likeness (QED) is 0.550. The summed E-state index contributed by atoms with van der Waals surface area (Å²) in [6.45, 7) is 12.9. The van der Waals surface area contributed by atoms with Crippen LogP contribution in [0, 0.1) is 16.2 Å². The molecule has 0 aromatic carbocycles. The molecule has 0 radical (unpaired) electrons. The Morgan fingerprint density at radius 3 is 1.44 bits per heavy atom. The van der Waals surface area contributed by atoms with Gasteiger partial charge in [-0.1, -0.05) is 53.7 Å². The lowest BCUT2D eigenvalue weighted by atomic mass is 9.77. The average molecular weight is 264 g/mol. The maximum absolute atomic E-state index is 13.2. The first-order valence-corrected chi connectivity index (χ1v) is 6.43. The fourth-order valence-electron chi connectivity index (χ4n) is 1.39. The molecule has 0 aliphatic carbocycles. The summed E-state index contributed by atoms with van der Waals surface area (Å²) in [5.41, 5.74) is -2.04. The van der Waals surface area contributed by atoms with Crippen molar-refractivity contribution in [2.75, 3.05) is 0 Å². The second-order valence-corrected chi connectivity index (χ2v) is 7.68. The van der Waals surface area contributed by atoms with Crippen LogP contribution >= 0.6 is 0 Å². The molecule has 0 saturated heterocycles. The van der Waals surface area contributed by atoms with Gasteiger partial charge >= 0.3 is 6.18 Å². The van der Waals surface area contributed by atoms with Crippen LogP contribution in [-0.2, 0) is 0 Å². The average Bonchev–Trinajstić information content (AvgIpc) is 2.07. The Bertz CT molecular complexity index is 286. The summed E-state index contributed by atoms with van der Waals surface area (Å²) >= 11 is 0. The van der Waals surface area contributed by atoms with Gasteiger partial charge in [0.1, 0.15) is 0 Å². The lowest BCUT2D eigenvalue weighted by molar-refractivity contribution is -0.203. The highest BCUT2D eigenvalue weighted by atomic mass is 19.4. The predicted octanol–water partition coefficient (Wildman–Crippen LogP) is 5.98. The van der Waals surface area contributed by atoms with Crippen molar-refractivity contribution in [3.05, 3.63) is 12.2 Å². The van der Waals surface area contributed by atoms with E-state index in [4.69, 9.17) is 0 Å². The molecule has 0 N–H and O–H groups in total. The van der Waals surface area contributed by atoms with Gasteiger partial charge in [-0.15, -0.1) is 0 Å². The van der Waals surface area contributed by atoms with E-state index >= 15 is 0 Å². The number of alkyl halides is 3. The largest absolute Gasteiger partial charge is 0.397 e. The lowest BCUT2D eigenvalue weighted by Gasteiger charge is -2.32. The second-order valence-electron chi connectivity index (χ2n) is 7.68. The molecule has 0 heterocycles. The third-order valence-electron chi connectivity index (χ3n) is 2.99. The van der Waals surface area contributed by atoms with Crippen LogP contribution in [0.25, 0.3) is 0 Å².